The zero-order valence-corrected chi connectivity index (χ0v) is 12.0. The van der Waals surface area contributed by atoms with Gasteiger partial charge in [-0.15, -0.1) is 0 Å². The molecule has 0 aliphatic rings. The summed E-state index contributed by atoms with van der Waals surface area (Å²) in [4.78, 5) is 2.54. The smallest absolute Gasteiger partial charge is 0.0343 e. The van der Waals surface area contributed by atoms with E-state index in [4.69, 9.17) is 0 Å². The van der Waals surface area contributed by atoms with Gasteiger partial charge in [0.2, 0.25) is 0 Å². The van der Waals surface area contributed by atoms with Crippen LogP contribution in [-0.4, -0.2) is 0 Å². The summed E-state index contributed by atoms with van der Waals surface area (Å²) < 4.78 is 1.15. The first kappa shape index (κ1) is 11.8. The highest BCUT2D eigenvalue weighted by atomic mass is 79.9. The van der Waals surface area contributed by atoms with Crippen LogP contribution in [0.2, 0.25) is 0 Å². The van der Waals surface area contributed by atoms with E-state index in [0.29, 0.717) is 0 Å². The molecule has 3 rings (SSSR count). The summed E-state index contributed by atoms with van der Waals surface area (Å²) in [7, 11) is 0. The molecule has 2 heteroatoms. The molecule has 0 spiro atoms. The normalized spacial score (nSPS) is 10.7. The molecule has 0 bridgehead atoms. The molecule has 0 aliphatic heterocycles. The van der Waals surface area contributed by atoms with E-state index in [0.717, 1.165) is 4.47 Å². The topological polar surface area (TPSA) is 0 Å². The van der Waals surface area contributed by atoms with Crippen molar-refractivity contribution in [3.05, 3.63) is 71.2 Å². The maximum Gasteiger partial charge on any atom is 0.0343 e. The van der Waals surface area contributed by atoms with Gasteiger partial charge in [-0.25, -0.2) is 0 Å². The minimum Gasteiger partial charge on any atom is -0.0883 e. The van der Waals surface area contributed by atoms with Gasteiger partial charge in [-0.2, -0.15) is 0 Å². The van der Waals surface area contributed by atoms with Crippen molar-refractivity contribution < 1.29 is 0 Å². The molecule has 0 saturated heterocycles. The number of hydrogen-bond acceptors (Lipinski definition) is 1. The van der Waals surface area contributed by atoms with Crippen LogP contribution < -0.4 is 0 Å². The second-order valence-corrected chi connectivity index (χ2v) is 5.95. The Balaban J connectivity index is 2.13. The van der Waals surface area contributed by atoms with Gasteiger partial charge in [-0.1, -0.05) is 60.3 Å². The van der Waals surface area contributed by atoms with E-state index in [2.05, 4.69) is 76.6 Å². The molecule has 0 atom stereocenters. The number of hydrogen-bond donors (Lipinski definition) is 0. The first-order chi connectivity index (χ1) is 8.84. The highest BCUT2D eigenvalue weighted by Gasteiger charge is 2.07. The maximum atomic E-state index is 3.65. The fourth-order valence-corrected chi connectivity index (χ4v) is 3.51. The summed E-state index contributed by atoms with van der Waals surface area (Å²) in [6, 6.07) is 23.2. The average Bonchev–Trinajstić information content (AvgIpc) is 2.43. The van der Waals surface area contributed by atoms with Crippen molar-refractivity contribution in [2.75, 3.05) is 0 Å². The Morgan fingerprint density at radius 2 is 1.44 bits per heavy atom. The largest absolute Gasteiger partial charge is 0.0883 e. The average molecular weight is 315 g/mol. The van der Waals surface area contributed by atoms with Crippen LogP contribution in [0, 0.1) is 0 Å². The quantitative estimate of drug-likeness (QED) is 0.580. The van der Waals surface area contributed by atoms with Crippen LogP contribution in [0.1, 0.15) is 0 Å². The van der Waals surface area contributed by atoms with Gasteiger partial charge >= 0.3 is 0 Å². The minimum atomic E-state index is 1.15. The molecular formula is C16H11BrS. The van der Waals surface area contributed by atoms with E-state index in [1.807, 2.05) is 6.07 Å². The lowest BCUT2D eigenvalue weighted by atomic mass is 10.1. The highest BCUT2D eigenvalue weighted by molar-refractivity contribution is 9.10. The van der Waals surface area contributed by atoms with Gasteiger partial charge in [0.15, 0.2) is 0 Å². The first-order valence-electron chi connectivity index (χ1n) is 5.75. The number of halogens is 1. The van der Waals surface area contributed by atoms with Gasteiger partial charge in [0.25, 0.3) is 0 Å². The lowest BCUT2D eigenvalue weighted by Crippen LogP contribution is -1.80. The van der Waals surface area contributed by atoms with Crippen LogP contribution in [0.4, 0.5) is 0 Å². The number of rotatable bonds is 2. The van der Waals surface area contributed by atoms with Gasteiger partial charge in [-0.3, -0.25) is 0 Å². The van der Waals surface area contributed by atoms with Crippen molar-refractivity contribution in [1.29, 1.82) is 0 Å². The number of fused-ring (bicyclic) bond motifs is 1. The lowest BCUT2D eigenvalue weighted by Gasteiger charge is -2.08. The van der Waals surface area contributed by atoms with Crippen LogP contribution >= 0.6 is 27.7 Å². The van der Waals surface area contributed by atoms with Crippen molar-refractivity contribution in [1.82, 2.24) is 0 Å². The maximum absolute atomic E-state index is 3.65. The molecule has 0 aliphatic carbocycles. The van der Waals surface area contributed by atoms with E-state index in [1.54, 1.807) is 11.8 Å². The Hall–Kier alpha value is -1.25. The zero-order chi connectivity index (χ0) is 12.4. The van der Waals surface area contributed by atoms with E-state index < -0.39 is 0 Å². The van der Waals surface area contributed by atoms with Gasteiger partial charge in [0.05, 0.1) is 0 Å². The van der Waals surface area contributed by atoms with E-state index in [-0.39, 0.29) is 0 Å². The van der Waals surface area contributed by atoms with Crippen molar-refractivity contribution in [2.45, 2.75) is 9.79 Å². The Morgan fingerprint density at radius 1 is 0.722 bits per heavy atom. The minimum absolute atomic E-state index is 1.15. The summed E-state index contributed by atoms with van der Waals surface area (Å²) in [5.74, 6) is 0. The van der Waals surface area contributed by atoms with Gasteiger partial charge in [0.1, 0.15) is 0 Å². The molecular weight excluding hydrogens is 304 g/mol. The summed E-state index contributed by atoms with van der Waals surface area (Å²) in [6.45, 7) is 0. The standard InChI is InChI=1S/C16H11BrS/c17-15-11-10-12-6-4-5-9-14(12)16(15)18-13-7-2-1-3-8-13/h1-11H. The Morgan fingerprint density at radius 3 is 2.28 bits per heavy atom. The third-order valence-electron chi connectivity index (χ3n) is 2.79. The number of benzene rings is 3. The summed E-state index contributed by atoms with van der Waals surface area (Å²) in [5.41, 5.74) is 0. The predicted octanol–water partition coefficient (Wildman–Crippen LogP) is 5.75. The van der Waals surface area contributed by atoms with Crippen molar-refractivity contribution in [3.63, 3.8) is 0 Å². The monoisotopic (exact) mass is 314 g/mol. The lowest BCUT2D eigenvalue weighted by molar-refractivity contribution is 1.42. The van der Waals surface area contributed by atoms with Crippen LogP contribution in [0.3, 0.4) is 0 Å². The molecule has 0 fully saturated rings. The molecule has 0 aromatic heterocycles. The molecule has 0 saturated carbocycles. The third kappa shape index (κ3) is 2.31. The SMILES string of the molecule is Brc1ccc2ccccc2c1Sc1ccccc1. The van der Waals surface area contributed by atoms with Crippen LogP contribution in [0.15, 0.2) is 81.0 Å². The first-order valence-corrected chi connectivity index (χ1v) is 7.36. The second kappa shape index (κ2) is 5.17. The van der Waals surface area contributed by atoms with E-state index in [1.165, 1.54) is 20.6 Å². The molecule has 3 aromatic carbocycles. The molecule has 3 aromatic rings. The van der Waals surface area contributed by atoms with Crippen LogP contribution in [-0.2, 0) is 0 Å². The molecule has 0 N–H and O–H groups in total. The highest BCUT2D eigenvalue weighted by Crippen LogP contribution is 2.38. The van der Waals surface area contributed by atoms with Crippen LogP contribution in [0.5, 0.6) is 0 Å². The third-order valence-corrected chi connectivity index (χ3v) is 4.87. The molecule has 0 amide bonds. The van der Waals surface area contributed by atoms with E-state index >= 15 is 0 Å². The molecule has 88 valence electrons. The summed E-state index contributed by atoms with van der Waals surface area (Å²) in [6.07, 6.45) is 0. The molecule has 18 heavy (non-hydrogen) atoms. The Kier molecular flexibility index (Phi) is 3.39. The van der Waals surface area contributed by atoms with Crippen molar-refractivity contribution in [2.24, 2.45) is 0 Å². The van der Waals surface area contributed by atoms with E-state index in [9.17, 15) is 0 Å². The second-order valence-electron chi connectivity index (χ2n) is 4.01. The molecule has 0 heterocycles. The summed E-state index contributed by atoms with van der Waals surface area (Å²) in [5, 5.41) is 2.57. The molecule has 0 nitrogen and oxygen atoms in total. The molecule has 0 radical (unpaired) electrons. The fraction of sp³-hybridized carbons (Fsp3) is 0. The van der Waals surface area contributed by atoms with Gasteiger partial charge < -0.3 is 0 Å². The van der Waals surface area contributed by atoms with Crippen molar-refractivity contribution in [3.8, 4) is 0 Å². The summed E-state index contributed by atoms with van der Waals surface area (Å²) >= 11 is 5.45. The van der Waals surface area contributed by atoms with Crippen molar-refractivity contribution >= 4 is 38.5 Å². The van der Waals surface area contributed by atoms with Gasteiger partial charge in [0, 0.05) is 14.3 Å². The Bertz CT molecular complexity index is 677. The zero-order valence-electron chi connectivity index (χ0n) is 9.64. The predicted molar refractivity (Wildman–Crippen MR) is 82.2 cm³/mol. The molecule has 0 unspecified atom stereocenters. The fourth-order valence-electron chi connectivity index (χ4n) is 1.93. The Labute approximate surface area is 119 Å². The van der Waals surface area contributed by atoms with Crippen LogP contribution in [0.25, 0.3) is 10.8 Å². The van der Waals surface area contributed by atoms with Gasteiger partial charge in [-0.05, 0) is 44.9 Å².